The summed E-state index contributed by atoms with van der Waals surface area (Å²) in [6.07, 6.45) is -16.9. The fourth-order valence-corrected chi connectivity index (χ4v) is 6.51. The van der Waals surface area contributed by atoms with E-state index in [1.54, 1.807) is 6.92 Å². The zero-order valence-corrected chi connectivity index (χ0v) is 25.8. The van der Waals surface area contributed by atoms with Crippen molar-refractivity contribution >= 4 is 11.9 Å². The zero-order valence-electron chi connectivity index (χ0n) is 25.8. The average Bonchev–Trinajstić information content (AvgIpc) is 3.40. The van der Waals surface area contributed by atoms with Crippen LogP contribution in [-0.2, 0) is 33.2 Å². The first-order chi connectivity index (χ1) is 22.8. The molecule has 1 aliphatic carbocycles. The largest absolute Gasteiger partial charge is 0.504 e. The standard InChI is InChI=1S/C30H40O18/c1-10-15(44-27(41)11-4-3-5-14(19(11)33)45-29-24(38)22(36)20(34)16(7-31)46-29)6-12-13(26(40)42-2)9-43-28(18(10)12)48-30-25(39)23(37)21(35)17(8-32)47-30/h3-5,9-10,12,15-18,20-25,28-39H,6-8H2,1-2H3/t10-,12+,15-,16+,17+,18+,20+,21+,22-,23-,24+,25+,28-,29+,30-/m0/s1. The molecular weight excluding hydrogens is 648 g/mol. The van der Waals surface area contributed by atoms with Crippen LogP contribution in [0.25, 0.3) is 0 Å². The van der Waals surface area contributed by atoms with Crippen LogP contribution in [0.15, 0.2) is 30.0 Å². The van der Waals surface area contributed by atoms with Crippen molar-refractivity contribution in [2.75, 3.05) is 20.3 Å². The van der Waals surface area contributed by atoms with E-state index in [-0.39, 0.29) is 23.3 Å². The van der Waals surface area contributed by atoms with E-state index < -0.39 is 122 Å². The molecule has 4 aliphatic rings. The van der Waals surface area contributed by atoms with Crippen LogP contribution in [0, 0.1) is 17.8 Å². The minimum Gasteiger partial charge on any atom is -0.504 e. The second-order valence-electron chi connectivity index (χ2n) is 12.1. The third-order valence-corrected chi connectivity index (χ3v) is 9.29. The lowest BCUT2D eigenvalue weighted by Gasteiger charge is -2.43. The molecule has 1 aromatic carbocycles. The number of para-hydroxylation sites is 1. The molecule has 0 radical (unpaired) electrons. The number of phenolic OH excluding ortho intramolecular Hbond substituents is 1. The van der Waals surface area contributed by atoms with E-state index in [9.17, 15) is 55.5 Å². The van der Waals surface area contributed by atoms with Crippen LogP contribution in [0.3, 0.4) is 0 Å². The number of ether oxygens (including phenoxy) is 7. The lowest BCUT2D eigenvalue weighted by atomic mass is 9.83. The van der Waals surface area contributed by atoms with E-state index in [0.717, 1.165) is 6.26 Å². The number of carbonyl (C=O) groups is 2. The number of esters is 2. The Morgan fingerprint density at radius 1 is 0.833 bits per heavy atom. The predicted molar refractivity (Wildman–Crippen MR) is 152 cm³/mol. The minimum atomic E-state index is -1.78. The summed E-state index contributed by atoms with van der Waals surface area (Å²) >= 11 is 0. The van der Waals surface area contributed by atoms with Gasteiger partial charge in [-0.3, -0.25) is 0 Å². The number of aliphatic hydroxyl groups excluding tert-OH is 8. The summed E-state index contributed by atoms with van der Waals surface area (Å²) in [5.74, 6) is -4.75. The third-order valence-electron chi connectivity index (χ3n) is 9.29. The van der Waals surface area contributed by atoms with Crippen LogP contribution in [0.4, 0.5) is 0 Å². The van der Waals surface area contributed by atoms with Crippen molar-refractivity contribution in [2.24, 2.45) is 17.8 Å². The van der Waals surface area contributed by atoms with Crippen molar-refractivity contribution in [2.45, 2.75) is 87.2 Å². The van der Waals surface area contributed by atoms with Gasteiger partial charge in [-0.15, -0.1) is 0 Å². The highest BCUT2D eigenvalue weighted by molar-refractivity contribution is 5.93. The van der Waals surface area contributed by atoms with Crippen molar-refractivity contribution in [3.8, 4) is 11.5 Å². The Morgan fingerprint density at radius 2 is 1.44 bits per heavy atom. The molecule has 1 aromatic rings. The second kappa shape index (κ2) is 14.8. The number of hydrogen-bond donors (Lipinski definition) is 9. The van der Waals surface area contributed by atoms with Crippen LogP contribution in [0.1, 0.15) is 23.7 Å². The molecule has 0 bridgehead atoms. The molecule has 0 spiro atoms. The number of rotatable bonds is 9. The maximum atomic E-state index is 13.4. The van der Waals surface area contributed by atoms with E-state index in [1.165, 1.54) is 25.3 Å². The highest BCUT2D eigenvalue weighted by atomic mass is 16.8. The number of aromatic hydroxyl groups is 1. The number of methoxy groups -OCH3 is 1. The molecule has 2 saturated heterocycles. The molecule has 48 heavy (non-hydrogen) atoms. The van der Waals surface area contributed by atoms with Gasteiger partial charge in [0, 0.05) is 17.8 Å². The predicted octanol–water partition coefficient (Wildman–Crippen LogP) is -3.40. The van der Waals surface area contributed by atoms with Crippen LogP contribution < -0.4 is 4.74 Å². The van der Waals surface area contributed by atoms with Gasteiger partial charge in [-0.05, 0) is 18.6 Å². The number of phenols is 1. The van der Waals surface area contributed by atoms with Gasteiger partial charge < -0.3 is 79.1 Å². The van der Waals surface area contributed by atoms with Gasteiger partial charge in [0.05, 0.1) is 32.2 Å². The highest BCUT2D eigenvalue weighted by Crippen LogP contribution is 2.49. The van der Waals surface area contributed by atoms with Crippen molar-refractivity contribution in [1.82, 2.24) is 0 Å². The summed E-state index contributed by atoms with van der Waals surface area (Å²) in [5, 5.41) is 91.1. The van der Waals surface area contributed by atoms with E-state index in [4.69, 9.17) is 33.2 Å². The van der Waals surface area contributed by atoms with E-state index in [0.29, 0.717) is 0 Å². The monoisotopic (exact) mass is 688 g/mol. The maximum absolute atomic E-state index is 13.4. The molecule has 18 heteroatoms. The number of fused-ring (bicyclic) bond motifs is 1. The van der Waals surface area contributed by atoms with E-state index >= 15 is 0 Å². The van der Waals surface area contributed by atoms with Gasteiger partial charge in [0.1, 0.15) is 60.5 Å². The molecular formula is C30H40O18. The average molecular weight is 689 g/mol. The highest BCUT2D eigenvalue weighted by Gasteiger charge is 2.55. The Morgan fingerprint density at radius 3 is 2.04 bits per heavy atom. The van der Waals surface area contributed by atoms with Crippen molar-refractivity contribution < 1.29 is 88.7 Å². The van der Waals surface area contributed by atoms with Crippen LogP contribution in [0.5, 0.6) is 11.5 Å². The van der Waals surface area contributed by atoms with Crippen LogP contribution in [-0.4, -0.2) is 152 Å². The van der Waals surface area contributed by atoms with E-state index in [1.807, 2.05) is 0 Å². The molecule has 9 N–H and O–H groups in total. The molecule has 3 fully saturated rings. The minimum absolute atomic E-state index is 0.0677. The molecule has 0 unspecified atom stereocenters. The first-order valence-electron chi connectivity index (χ1n) is 15.2. The van der Waals surface area contributed by atoms with Crippen molar-refractivity contribution in [3.63, 3.8) is 0 Å². The zero-order chi connectivity index (χ0) is 35.0. The molecule has 18 nitrogen and oxygen atoms in total. The van der Waals surface area contributed by atoms with Gasteiger partial charge in [0.15, 0.2) is 17.8 Å². The molecule has 15 atom stereocenters. The topological polar surface area (TPSA) is 281 Å². The molecule has 3 heterocycles. The molecule has 0 aromatic heterocycles. The Labute approximate surface area is 273 Å². The van der Waals surface area contributed by atoms with Crippen LogP contribution >= 0.6 is 0 Å². The SMILES string of the molecule is COC(=O)C1=CO[C@@H](O[C@@H]2O[C@H](CO)[C@@H](O)[C@H](O)[C@H]2O)[C@@H]2[C@@H](C)[C@@H](OC(=O)c3cccc(O[C@@H]4O[C@H](CO)[C@@H](O)[C@H](O)[C@H]4O)c3O)C[C@H]12. The van der Waals surface area contributed by atoms with E-state index in [2.05, 4.69) is 0 Å². The Bertz CT molecular complexity index is 1330. The molecule has 5 rings (SSSR count). The van der Waals surface area contributed by atoms with Crippen molar-refractivity contribution in [1.29, 1.82) is 0 Å². The van der Waals surface area contributed by atoms with Gasteiger partial charge in [-0.1, -0.05) is 13.0 Å². The summed E-state index contributed by atoms with van der Waals surface area (Å²) in [6.45, 7) is 0.288. The summed E-state index contributed by atoms with van der Waals surface area (Å²) in [6, 6.07) is 3.81. The molecule has 3 aliphatic heterocycles. The summed E-state index contributed by atoms with van der Waals surface area (Å²) in [5.41, 5.74) is -0.243. The Kier molecular flexibility index (Phi) is 11.1. The summed E-state index contributed by atoms with van der Waals surface area (Å²) < 4.78 is 38.5. The fraction of sp³-hybridized carbons (Fsp3) is 0.667. The Hall–Kier alpha value is -3.14. The van der Waals surface area contributed by atoms with Gasteiger partial charge in [-0.25, -0.2) is 9.59 Å². The number of hydrogen-bond acceptors (Lipinski definition) is 18. The summed E-state index contributed by atoms with van der Waals surface area (Å²) in [7, 11) is 1.17. The molecule has 0 amide bonds. The van der Waals surface area contributed by atoms with Gasteiger partial charge in [0.25, 0.3) is 0 Å². The molecule has 268 valence electrons. The third kappa shape index (κ3) is 6.70. The maximum Gasteiger partial charge on any atom is 0.342 e. The number of aliphatic hydroxyl groups is 8. The first kappa shape index (κ1) is 36.1. The number of carbonyl (C=O) groups excluding carboxylic acids is 2. The lowest BCUT2D eigenvalue weighted by molar-refractivity contribution is -0.342. The lowest BCUT2D eigenvalue weighted by Crippen LogP contribution is -2.60. The molecule has 1 saturated carbocycles. The van der Waals surface area contributed by atoms with Gasteiger partial charge >= 0.3 is 11.9 Å². The first-order valence-corrected chi connectivity index (χ1v) is 15.2. The van der Waals surface area contributed by atoms with Crippen LogP contribution in [0.2, 0.25) is 0 Å². The summed E-state index contributed by atoms with van der Waals surface area (Å²) in [4.78, 5) is 26.0. The number of benzene rings is 1. The smallest absolute Gasteiger partial charge is 0.342 e. The van der Waals surface area contributed by atoms with Crippen molar-refractivity contribution in [3.05, 3.63) is 35.6 Å². The second-order valence-corrected chi connectivity index (χ2v) is 12.1. The normalized spacial score (nSPS) is 41.0. The van der Waals surface area contributed by atoms with Gasteiger partial charge in [0.2, 0.25) is 12.6 Å². The van der Waals surface area contributed by atoms with Gasteiger partial charge in [-0.2, -0.15) is 0 Å². The fourth-order valence-electron chi connectivity index (χ4n) is 6.51. The quantitative estimate of drug-likeness (QED) is 0.114. The Balaban J connectivity index is 1.33.